The minimum absolute atomic E-state index is 0.0676. The highest BCUT2D eigenvalue weighted by Gasteiger charge is 2.24. The zero-order valence-electron chi connectivity index (χ0n) is 13.1. The molecule has 1 aliphatic rings. The Morgan fingerprint density at radius 2 is 2.39 bits per heavy atom. The van der Waals surface area contributed by atoms with Crippen molar-refractivity contribution in [3.8, 4) is 5.69 Å². The van der Waals surface area contributed by atoms with Gasteiger partial charge in [0.2, 0.25) is 0 Å². The Bertz CT molecular complexity index is 666. The summed E-state index contributed by atoms with van der Waals surface area (Å²) in [5.74, 6) is -0.0676. The Morgan fingerprint density at radius 1 is 1.52 bits per heavy atom. The van der Waals surface area contributed by atoms with Gasteiger partial charge in [-0.15, -0.1) is 0 Å². The molecule has 1 amide bonds. The van der Waals surface area contributed by atoms with Crippen molar-refractivity contribution in [2.24, 2.45) is 0 Å². The largest absolute Gasteiger partial charge is 0.376 e. The molecule has 3 rings (SSSR count). The zero-order valence-corrected chi connectivity index (χ0v) is 13.9. The predicted octanol–water partition coefficient (Wildman–Crippen LogP) is 3.17. The molecule has 1 aromatic heterocycles. The van der Waals surface area contributed by atoms with E-state index in [4.69, 9.17) is 16.3 Å². The van der Waals surface area contributed by atoms with E-state index < -0.39 is 0 Å². The number of likely N-dealkylation sites (N-methyl/N-ethyl adjacent to an activating group) is 1. The van der Waals surface area contributed by atoms with E-state index >= 15 is 0 Å². The highest BCUT2D eigenvalue weighted by atomic mass is 35.5. The van der Waals surface area contributed by atoms with Crippen LogP contribution in [0.2, 0.25) is 5.02 Å². The standard InChI is InChI=1S/C17H20ClN3O2/c1-2-20(12-14-5-3-10-23-14)17(22)15-11-13(6-7-16(15)18)21-9-4-8-19-21/h4,6-9,11,14H,2-3,5,10,12H2,1H3. The van der Waals surface area contributed by atoms with Crippen LogP contribution in [0.4, 0.5) is 0 Å². The van der Waals surface area contributed by atoms with Gasteiger partial charge in [-0.05, 0) is 44.0 Å². The molecule has 0 radical (unpaired) electrons. The quantitative estimate of drug-likeness (QED) is 0.844. The molecule has 0 spiro atoms. The molecule has 1 atom stereocenters. The number of nitrogens with zero attached hydrogens (tertiary/aromatic N) is 3. The monoisotopic (exact) mass is 333 g/mol. The first-order valence-electron chi connectivity index (χ1n) is 7.89. The molecule has 0 N–H and O–H groups in total. The van der Waals surface area contributed by atoms with E-state index in [0.717, 1.165) is 25.1 Å². The molecule has 23 heavy (non-hydrogen) atoms. The Morgan fingerprint density at radius 3 is 3.04 bits per heavy atom. The minimum Gasteiger partial charge on any atom is -0.376 e. The summed E-state index contributed by atoms with van der Waals surface area (Å²) in [4.78, 5) is 14.7. The van der Waals surface area contributed by atoms with E-state index in [1.165, 1.54) is 0 Å². The number of halogens is 1. The van der Waals surface area contributed by atoms with Gasteiger partial charge >= 0.3 is 0 Å². The molecular formula is C17H20ClN3O2. The fourth-order valence-electron chi connectivity index (χ4n) is 2.80. The SMILES string of the molecule is CCN(CC1CCCO1)C(=O)c1cc(-n2cccn2)ccc1Cl. The first kappa shape index (κ1) is 16.0. The van der Waals surface area contributed by atoms with Crippen molar-refractivity contribution in [2.45, 2.75) is 25.9 Å². The second kappa shape index (κ2) is 7.15. The third-order valence-electron chi connectivity index (χ3n) is 4.07. The Balaban J connectivity index is 1.83. The molecule has 1 aromatic carbocycles. The van der Waals surface area contributed by atoms with Crippen molar-refractivity contribution in [1.29, 1.82) is 0 Å². The van der Waals surface area contributed by atoms with Crippen LogP contribution in [-0.4, -0.2) is 46.4 Å². The number of hydrogen-bond donors (Lipinski definition) is 0. The van der Waals surface area contributed by atoms with Gasteiger partial charge in [-0.25, -0.2) is 4.68 Å². The Kier molecular flexibility index (Phi) is 4.98. The van der Waals surface area contributed by atoms with Crippen LogP contribution in [0.1, 0.15) is 30.1 Å². The van der Waals surface area contributed by atoms with Gasteiger partial charge in [0.15, 0.2) is 0 Å². The van der Waals surface area contributed by atoms with E-state index in [1.54, 1.807) is 27.9 Å². The molecular weight excluding hydrogens is 314 g/mol. The van der Waals surface area contributed by atoms with Crippen LogP contribution >= 0.6 is 11.6 Å². The lowest BCUT2D eigenvalue weighted by atomic mass is 10.1. The van der Waals surface area contributed by atoms with E-state index in [-0.39, 0.29) is 12.0 Å². The molecule has 5 nitrogen and oxygen atoms in total. The summed E-state index contributed by atoms with van der Waals surface area (Å²) in [6.07, 6.45) is 5.73. The molecule has 2 heterocycles. The topological polar surface area (TPSA) is 47.4 Å². The van der Waals surface area contributed by atoms with Crippen molar-refractivity contribution < 1.29 is 9.53 Å². The van der Waals surface area contributed by atoms with Gasteiger partial charge in [0.05, 0.1) is 22.4 Å². The van der Waals surface area contributed by atoms with Crippen molar-refractivity contribution in [2.75, 3.05) is 19.7 Å². The summed E-state index contributed by atoms with van der Waals surface area (Å²) in [6, 6.07) is 7.22. The summed E-state index contributed by atoms with van der Waals surface area (Å²) in [6.45, 7) is 3.99. The molecule has 1 unspecified atom stereocenters. The minimum atomic E-state index is -0.0676. The first-order valence-corrected chi connectivity index (χ1v) is 8.27. The number of amides is 1. The maximum atomic E-state index is 12.9. The average molecular weight is 334 g/mol. The van der Waals surface area contributed by atoms with Crippen molar-refractivity contribution in [3.05, 3.63) is 47.2 Å². The molecule has 0 aliphatic carbocycles. The highest BCUT2D eigenvalue weighted by Crippen LogP contribution is 2.22. The molecule has 6 heteroatoms. The van der Waals surface area contributed by atoms with Crippen LogP contribution in [0.15, 0.2) is 36.7 Å². The molecule has 1 fully saturated rings. The van der Waals surface area contributed by atoms with E-state index in [2.05, 4.69) is 5.10 Å². The van der Waals surface area contributed by atoms with Gasteiger partial charge < -0.3 is 9.64 Å². The number of carbonyl (C=O) groups is 1. The number of carbonyl (C=O) groups excluding carboxylic acids is 1. The zero-order chi connectivity index (χ0) is 16.2. The average Bonchev–Trinajstić information content (AvgIpc) is 3.26. The molecule has 0 saturated carbocycles. The van der Waals surface area contributed by atoms with Crippen LogP contribution in [-0.2, 0) is 4.74 Å². The second-order valence-corrected chi connectivity index (χ2v) is 6.00. The summed E-state index contributed by atoms with van der Waals surface area (Å²) < 4.78 is 7.35. The smallest absolute Gasteiger partial charge is 0.255 e. The fourth-order valence-corrected chi connectivity index (χ4v) is 3.00. The van der Waals surface area contributed by atoms with Gasteiger partial charge in [-0.3, -0.25) is 4.79 Å². The molecule has 2 aromatic rings. The number of aromatic nitrogens is 2. The first-order chi connectivity index (χ1) is 11.2. The summed E-state index contributed by atoms with van der Waals surface area (Å²) in [5.41, 5.74) is 1.32. The third-order valence-corrected chi connectivity index (χ3v) is 4.40. The Labute approximate surface area is 140 Å². The molecule has 122 valence electrons. The van der Waals surface area contributed by atoms with Crippen LogP contribution in [0, 0.1) is 0 Å². The van der Waals surface area contributed by atoms with Crippen molar-refractivity contribution in [3.63, 3.8) is 0 Å². The normalized spacial score (nSPS) is 17.4. The van der Waals surface area contributed by atoms with Crippen molar-refractivity contribution in [1.82, 2.24) is 14.7 Å². The fraction of sp³-hybridized carbons (Fsp3) is 0.412. The van der Waals surface area contributed by atoms with Crippen LogP contribution in [0.25, 0.3) is 5.69 Å². The predicted molar refractivity (Wildman–Crippen MR) is 89.1 cm³/mol. The molecule has 1 aliphatic heterocycles. The summed E-state index contributed by atoms with van der Waals surface area (Å²) >= 11 is 6.26. The van der Waals surface area contributed by atoms with Crippen LogP contribution in [0.3, 0.4) is 0 Å². The number of rotatable bonds is 5. The van der Waals surface area contributed by atoms with Crippen LogP contribution < -0.4 is 0 Å². The van der Waals surface area contributed by atoms with Crippen molar-refractivity contribution >= 4 is 17.5 Å². The number of ether oxygens (including phenoxy) is 1. The molecule has 1 saturated heterocycles. The van der Waals surface area contributed by atoms with Gasteiger partial charge in [0, 0.05) is 32.1 Å². The Hall–Kier alpha value is -1.85. The number of hydrogen-bond acceptors (Lipinski definition) is 3. The second-order valence-electron chi connectivity index (χ2n) is 5.59. The van der Waals surface area contributed by atoms with Gasteiger partial charge in [0.25, 0.3) is 5.91 Å². The van der Waals surface area contributed by atoms with Gasteiger partial charge in [-0.1, -0.05) is 11.6 Å². The molecule has 0 bridgehead atoms. The van der Waals surface area contributed by atoms with E-state index in [0.29, 0.717) is 23.7 Å². The maximum absolute atomic E-state index is 12.9. The summed E-state index contributed by atoms with van der Waals surface area (Å²) in [7, 11) is 0. The van der Waals surface area contributed by atoms with Gasteiger partial charge in [-0.2, -0.15) is 5.10 Å². The summed E-state index contributed by atoms with van der Waals surface area (Å²) in [5, 5.41) is 4.65. The van der Waals surface area contributed by atoms with Crippen LogP contribution in [0.5, 0.6) is 0 Å². The third kappa shape index (κ3) is 3.57. The highest BCUT2D eigenvalue weighted by molar-refractivity contribution is 6.33. The number of benzene rings is 1. The lowest BCUT2D eigenvalue weighted by Gasteiger charge is -2.24. The van der Waals surface area contributed by atoms with E-state index in [1.807, 2.05) is 25.3 Å². The lowest BCUT2D eigenvalue weighted by Crippen LogP contribution is -2.37. The lowest BCUT2D eigenvalue weighted by molar-refractivity contribution is 0.0539. The maximum Gasteiger partial charge on any atom is 0.255 e. The van der Waals surface area contributed by atoms with E-state index in [9.17, 15) is 4.79 Å². The van der Waals surface area contributed by atoms with Gasteiger partial charge in [0.1, 0.15) is 0 Å².